The second-order valence-electron chi connectivity index (χ2n) is 2.66. The Morgan fingerprint density at radius 3 is 1.92 bits per heavy atom. The van der Waals surface area contributed by atoms with Crippen LogP contribution in [0.4, 0.5) is 0 Å². The van der Waals surface area contributed by atoms with Crippen LogP contribution in [0.2, 0.25) is 0 Å². The molecule has 0 unspecified atom stereocenters. The second kappa shape index (κ2) is 6.84. The summed E-state index contributed by atoms with van der Waals surface area (Å²) in [6.45, 7) is 4.67. The van der Waals surface area contributed by atoms with Gasteiger partial charge in [-0.15, -0.1) is 0 Å². The highest BCUT2D eigenvalue weighted by Gasteiger charge is 2.23. The minimum absolute atomic E-state index is 0.383. The molecular formula is C8H16O4P+. The number of unbranched alkanes of at least 4 members (excludes halogenated alkanes) is 1. The summed E-state index contributed by atoms with van der Waals surface area (Å²) in [6.07, 6.45) is 2.58. The molecule has 0 amide bonds. The van der Waals surface area contributed by atoms with Gasteiger partial charge in [0, 0.05) is 13.8 Å². The first-order valence-electron chi connectivity index (χ1n) is 4.29. The van der Waals surface area contributed by atoms with E-state index in [4.69, 9.17) is 9.05 Å². The molecule has 0 heterocycles. The molecule has 0 radical (unpaired) electrons. The summed E-state index contributed by atoms with van der Waals surface area (Å²) in [6, 6.07) is 0. The first-order valence-corrected chi connectivity index (χ1v) is 5.81. The van der Waals surface area contributed by atoms with Crippen LogP contribution in [0, 0.1) is 0 Å². The lowest BCUT2D eigenvalue weighted by Gasteiger charge is -2.05. The van der Waals surface area contributed by atoms with Gasteiger partial charge in [0.15, 0.2) is 0 Å². The average molecular weight is 207 g/mol. The van der Waals surface area contributed by atoms with Gasteiger partial charge in [-0.05, 0) is 6.42 Å². The van der Waals surface area contributed by atoms with Crippen LogP contribution >= 0.6 is 8.38 Å². The van der Waals surface area contributed by atoms with Crippen molar-refractivity contribution in [3.63, 3.8) is 0 Å². The highest BCUT2D eigenvalue weighted by Crippen LogP contribution is 2.39. The number of carbonyl (C=O) groups excluding carboxylic acids is 2. The first-order chi connectivity index (χ1) is 6.06. The van der Waals surface area contributed by atoms with Gasteiger partial charge in [0.2, 0.25) is 0 Å². The first kappa shape index (κ1) is 12.4. The van der Waals surface area contributed by atoms with Crippen molar-refractivity contribution in [3.8, 4) is 0 Å². The molecule has 76 valence electrons. The summed E-state index contributed by atoms with van der Waals surface area (Å²) in [5, 5.41) is 0. The van der Waals surface area contributed by atoms with Crippen LogP contribution in [0.5, 0.6) is 0 Å². The predicted molar refractivity (Wildman–Crippen MR) is 51.6 cm³/mol. The van der Waals surface area contributed by atoms with E-state index in [0.29, 0.717) is 6.16 Å². The van der Waals surface area contributed by atoms with Gasteiger partial charge in [-0.2, -0.15) is 0 Å². The fraction of sp³-hybridized carbons (Fsp3) is 0.750. The predicted octanol–water partition coefficient (Wildman–Crippen LogP) is 1.96. The van der Waals surface area contributed by atoms with Gasteiger partial charge in [0.05, 0.1) is 0 Å². The smallest absolute Gasteiger partial charge is 0.275 e. The van der Waals surface area contributed by atoms with Crippen molar-refractivity contribution in [3.05, 3.63) is 0 Å². The van der Waals surface area contributed by atoms with Gasteiger partial charge in [-0.1, -0.05) is 13.3 Å². The Hall–Kier alpha value is -0.630. The number of rotatable bonds is 5. The number of hydrogen-bond acceptors (Lipinski definition) is 4. The molecule has 0 aromatic heterocycles. The molecule has 13 heavy (non-hydrogen) atoms. The maximum atomic E-state index is 10.6. The quantitative estimate of drug-likeness (QED) is 0.646. The van der Waals surface area contributed by atoms with Crippen LogP contribution in [0.25, 0.3) is 0 Å². The van der Waals surface area contributed by atoms with E-state index in [1.807, 2.05) is 6.92 Å². The average Bonchev–Trinajstić information content (AvgIpc) is 1.98. The van der Waals surface area contributed by atoms with Crippen molar-refractivity contribution in [2.45, 2.75) is 33.6 Å². The molecule has 0 aliphatic rings. The van der Waals surface area contributed by atoms with Crippen LogP contribution in [-0.2, 0) is 18.6 Å². The van der Waals surface area contributed by atoms with Crippen molar-refractivity contribution < 1.29 is 18.6 Å². The van der Waals surface area contributed by atoms with Gasteiger partial charge < -0.3 is 0 Å². The zero-order valence-electron chi connectivity index (χ0n) is 8.25. The molecule has 0 bridgehead atoms. The van der Waals surface area contributed by atoms with Crippen LogP contribution < -0.4 is 0 Å². The third-order valence-electron chi connectivity index (χ3n) is 1.25. The highest BCUT2D eigenvalue weighted by molar-refractivity contribution is 7.48. The molecule has 0 aliphatic carbocycles. The summed E-state index contributed by atoms with van der Waals surface area (Å²) in [7, 11) is -1.71. The van der Waals surface area contributed by atoms with E-state index < -0.39 is 8.38 Å². The zero-order valence-corrected chi connectivity index (χ0v) is 9.25. The van der Waals surface area contributed by atoms with E-state index in [0.717, 1.165) is 12.8 Å². The topological polar surface area (TPSA) is 52.6 Å². The standard InChI is InChI=1S/C8H15O4P/c1-4-5-6-13(11-7(2)9)12-8(3)10/h4-6H2,1-3H3/p+1. The van der Waals surface area contributed by atoms with E-state index >= 15 is 0 Å². The molecule has 0 N–H and O–H groups in total. The van der Waals surface area contributed by atoms with Crippen molar-refractivity contribution in [1.82, 2.24) is 0 Å². The van der Waals surface area contributed by atoms with Crippen molar-refractivity contribution in [1.29, 1.82) is 0 Å². The molecule has 0 aromatic rings. The molecule has 0 aliphatic heterocycles. The lowest BCUT2D eigenvalue weighted by atomic mass is 10.4. The molecule has 0 aromatic carbocycles. The second-order valence-corrected chi connectivity index (χ2v) is 4.32. The molecular weight excluding hydrogens is 191 g/mol. The van der Waals surface area contributed by atoms with Gasteiger partial charge >= 0.3 is 20.3 Å². The molecule has 0 atom stereocenters. The summed E-state index contributed by atoms with van der Waals surface area (Å²) < 4.78 is 9.77. The third-order valence-corrected chi connectivity index (χ3v) is 3.04. The minimum Gasteiger partial charge on any atom is -0.275 e. The van der Waals surface area contributed by atoms with Gasteiger partial charge in [0.1, 0.15) is 6.16 Å². The lowest BCUT2D eigenvalue weighted by molar-refractivity contribution is -0.134. The Bertz CT molecular complexity index is 165. The summed E-state index contributed by atoms with van der Waals surface area (Å²) >= 11 is 0. The van der Waals surface area contributed by atoms with Gasteiger partial charge in [0.25, 0.3) is 0 Å². The molecule has 0 spiro atoms. The highest BCUT2D eigenvalue weighted by atomic mass is 31.2. The van der Waals surface area contributed by atoms with Crippen molar-refractivity contribution >= 4 is 20.3 Å². The number of carbonyl (C=O) groups is 2. The third kappa shape index (κ3) is 7.72. The van der Waals surface area contributed by atoms with Crippen LogP contribution in [0.3, 0.4) is 0 Å². The molecule has 4 nitrogen and oxygen atoms in total. The van der Waals surface area contributed by atoms with Crippen molar-refractivity contribution in [2.24, 2.45) is 0 Å². The van der Waals surface area contributed by atoms with Gasteiger partial charge in [-0.3, -0.25) is 9.05 Å². The fourth-order valence-corrected chi connectivity index (χ4v) is 2.29. The number of hydrogen-bond donors (Lipinski definition) is 0. The summed E-state index contributed by atoms with van der Waals surface area (Å²) in [5.74, 6) is -0.766. The molecule has 0 fully saturated rings. The van der Waals surface area contributed by atoms with Crippen LogP contribution in [-0.4, -0.2) is 18.1 Å². The Balaban J connectivity index is 3.87. The van der Waals surface area contributed by atoms with E-state index in [2.05, 4.69) is 0 Å². The normalized spacial score (nSPS) is 9.85. The SMILES string of the molecule is CCCC[PH+](OC(C)=O)OC(C)=O. The summed E-state index contributed by atoms with van der Waals surface area (Å²) in [5.41, 5.74) is 0. The van der Waals surface area contributed by atoms with E-state index in [1.165, 1.54) is 13.8 Å². The summed E-state index contributed by atoms with van der Waals surface area (Å²) in [4.78, 5) is 21.2. The Morgan fingerprint density at radius 2 is 1.62 bits per heavy atom. The fourth-order valence-electron chi connectivity index (χ4n) is 0.765. The largest absolute Gasteiger partial charge is 0.361 e. The Labute approximate surface area is 79.5 Å². The monoisotopic (exact) mass is 207 g/mol. The van der Waals surface area contributed by atoms with E-state index in [1.54, 1.807) is 0 Å². The molecule has 5 heteroatoms. The van der Waals surface area contributed by atoms with Crippen LogP contribution in [0.1, 0.15) is 33.6 Å². The maximum absolute atomic E-state index is 10.6. The van der Waals surface area contributed by atoms with E-state index in [9.17, 15) is 9.59 Å². The molecule has 0 rings (SSSR count). The van der Waals surface area contributed by atoms with Gasteiger partial charge in [-0.25, -0.2) is 9.59 Å². The Morgan fingerprint density at radius 1 is 1.15 bits per heavy atom. The maximum Gasteiger partial charge on any atom is 0.361 e. The van der Waals surface area contributed by atoms with Crippen LogP contribution in [0.15, 0.2) is 0 Å². The van der Waals surface area contributed by atoms with Crippen molar-refractivity contribution in [2.75, 3.05) is 6.16 Å². The molecule has 0 saturated heterocycles. The zero-order chi connectivity index (χ0) is 10.3. The minimum atomic E-state index is -1.71. The van der Waals surface area contributed by atoms with E-state index in [-0.39, 0.29) is 11.9 Å². The Kier molecular flexibility index (Phi) is 6.51. The lowest BCUT2D eigenvalue weighted by Crippen LogP contribution is -2.02. The molecule has 0 saturated carbocycles.